The Morgan fingerprint density at radius 2 is 1.59 bits per heavy atom. The summed E-state index contributed by atoms with van der Waals surface area (Å²) in [5.41, 5.74) is 6.68. The van der Waals surface area contributed by atoms with Crippen LogP contribution >= 0.6 is 0 Å². The number of likely N-dealkylation sites (tertiary alicyclic amines) is 1. The Morgan fingerprint density at radius 1 is 0.808 bits per heavy atom. The van der Waals surface area contributed by atoms with Crippen molar-refractivity contribution in [1.82, 2.24) is 20.4 Å². The second kappa shape index (κ2) is 25.0. The first-order chi connectivity index (χ1) is 35.2. The van der Waals surface area contributed by atoms with E-state index >= 15 is 0 Å². The SMILES string of the molecule is C=C1CCC(N2C(=O)c3cccc(OCCCCCCNC(=O)COc4ccccc4[C@@H](CCc4ccc(C)c(C)c4)OC(=O)[C@@H]4CCCCN4C(=O)[C@@H](CC)c4cc(C)c(OC)c(OC)c4)c3C2=O)C(=O)N1. The van der Waals surface area contributed by atoms with Crippen molar-refractivity contribution in [2.24, 2.45) is 0 Å². The molecule has 7 rings (SSSR count). The molecular formula is C58H70N4O11. The highest BCUT2D eigenvalue weighted by molar-refractivity contribution is 6.24. The summed E-state index contributed by atoms with van der Waals surface area (Å²) in [6.07, 6.45) is 6.65. The summed E-state index contributed by atoms with van der Waals surface area (Å²) < 4.78 is 29.8. The van der Waals surface area contributed by atoms with Gasteiger partial charge < -0.3 is 39.2 Å². The Labute approximate surface area is 428 Å². The van der Waals surface area contributed by atoms with Crippen LogP contribution in [0.5, 0.6) is 23.0 Å². The monoisotopic (exact) mass is 999 g/mol. The average molecular weight is 999 g/mol. The van der Waals surface area contributed by atoms with E-state index in [2.05, 4.69) is 49.3 Å². The lowest BCUT2D eigenvalue weighted by molar-refractivity contribution is -0.162. The second-order valence-electron chi connectivity index (χ2n) is 19.2. The molecule has 5 amide bonds. The third-order valence-electron chi connectivity index (χ3n) is 14.2. The number of ether oxygens (including phenoxy) is 5. The quantitative estimate of drug-likeness (QED) is 0.0412. The molecule has 0 aromatic heterocycles. The van der Waals surface area contributed by atoms with E-state index in [1.54, 1.807) is 43.4 Å². The zero-order chi connectivity index (χ0) is 52.2. The third-order valence-corrected chi connectivity index (χ3v) is 14.2. The molecule has 1 unspecified atom stereocenters. The largest absolute Gasteiger partial charge is 0.493 e. The molecule has 0 radical (unpaired) electrons. The van der Waals surface area contributed by atoms with E-state index in [-0.39, 0.29) is 29.5 Å². The molecule has 3 heterocycles. The lowest BCUT2D eigenvalue weighted by Crippen LogP contribution is -2.51. The van der Waals surface area contributed by atoms with Crippen molar-refractivity contribution in [3.05, 3.63) is 130 Å². The number of imide groups is 1. The summed E-state index contributed by atoms with van der Waals surface area (Å²) in [6.45, 7) is 12.7. The van der Waals surface area contributed by atoms with Crippen molar-refractivity contribution in [1.29, 1.82) is 0 Å². The topological polar surface area (TPSA) is 179 Å². The molecule has 2 saturated heterocycles. The Kier molecular flexibility index (Phi) is 18.4. The summed E-state index contributed by atoms with van der Waals surface area (Å²) in [5, 5.41) is 5.59. The molecule has 0 spiro atoms. The van der Waals surface area contributed by atoms with Crippen molar-refractivity contribution in [2.45, 2.75) is 129 Å². The van der Waals surface area contributed by atoms with Gasteiger partial charge in [0, 0.05) is 24.4 Å². The Morgan fingerprint density at radius 3 is 2.34 bits per heavy atom. The van der Waals surface area contributed by atoms with Gasteiger partial charge in [0.15, 0.2) is 18.1 Å². The van der Waals surface area contributed by atoms with Gasteiger partial charge in [-0.3, -0.25) is 28.9 Å². The maximum absolute atomic E-state index is 14.5. The molecule has 388 valence electrons. The van der Waals surface area contributed by atoms with Gasteiger partial charge >= 0.3 is 5.97 Å². The van der Waals surface area contributed by atoms with Gasteiger partial charge in [0.25, 0.3) is 17.7 Å². The molecule has 15 heteroatoms. The van der Waals surface area contributed by atoms with E-state index < -0.39 is 47.8 Å². The number of rotatable bonds is 23. The van der Waals surface area contributed by atoms with Gasteiger partial charge in [-0.05, 0) is 137 Å². The van der Waals surface area contributed by atoms with E-state index in [0.717, 1.165) is 47.3 Å². The lowest BCUT2D eigenvalue weighted by Gasteiger charge is -2.37. The summed E-state index contributed by atoms with van der Waals surface area (Å²) in [7, 11) is 3.16. The average Bonchev–Trinajstić information content (AvgIpc) is 3.64. The predicted molar refractivity (Wildman–Crippen MR) is 276 cm³/mol. The number of hydrogen-bond acceptors (Lipinski definition) is 11. The van der Waals surface area contributed by atoms with Gasteiger partial charge in [-0.25, -0.2) is 4.79 Å². The maximum Gasteiger partial charge on any atom is 0.329 e. The molecule has 4 atom stereocenters. The number of para-hydroxylation sites is 1. The number of amides is 5. The molecule has 4 aromatic carbocycles. The standard InChI is InChI=1S/C58H70N4O11/c1-8-42(41-33-38(4)53(70-7)50(34-41)69-6)55(65)61-30-15-13-20-46(61)58(68)73-48(28-26-40-25-23-36(2)37(3)32-40)43-18-11-12-21-47(43)72-35-51(63)59-29-14-9-10-16-31-71-49-22-17-19-44-52(49)57(67)62(56(44)66)45-27-24-39(5)60-54(45)64/h11-12,17-19,21-23,25,32-34,42,45-46,48H,5,8-10,13-16,20,24,26-31,35H2,1-4,6-7H3,(H,59,63)(H,60,64)/t42-,45?,46-,48+/m0/s1. The fourth-order valence-corrected chi connectivity index (χ4v) is 10.1. The van der Waals surface area contributed by atoms with Crippen LogP contribution in [-0.4, -0.2) is 97.9 Å². The number of piperidine rings is 2. The van der Waals surface area contributed by atoms with Crippen molar-refractivity contribution in [2.75, 3.05) is 40.5 Å². The fraction of sp³-hybridized carbons (Fsp3) is 0.448. The number of fused-ring (bicyclic) bond motifs is 1. The van der Waals surface area contributed by atoms with Crippen molar-refractivity contribution in [3.8, 4) is 23.0 Å². The molecule has 0 aliphatic carbocycles. The summed E-state index contributed by atoms with van der Waals surface area (Å²) in [6, 6.07) is 20.6. The number of carbonyl (C=O) groups excluding carboxylic acids is 6. The number of aryl methyl sites for hydroxylation is 4. The minimum atomic E-state index is -0.900. The van der Waals surface area contributed by atoms with E-state index in [1.165, 1.54) is 11.1 Å². The van der Waals surface area contributed by atoms with Gasteiger partial charge in [-0.15, -0.1) is 0 Å². The minimum absolute atomic E-state index is 0.135. The number of nitrogens with one attached hydrogen (secondary N) is 2. The lowest BCUT2D eigenvalue weighted by atomic mass is 9.91. The first kappa shape index (κ1) is 53.6. The highest BCUT2D eigenvalue weighted by atomic mass is 16.5. The zero-order valence-corrected chi connectivity index (χ0v) is 43.1. The van der Waals surface area contributed by atoms with Crippen molar-refractivity contribution < 1.29 is 52.5 Å². The van der Waals surface area contributed by atoms with E-state index in [9.17, 15) is 28.8 Å². The Hall–Kier alpha value is -7.16. The molecule has 2 fully saturated rings. The third kappa shape index (κ3) is 12.7. The molecule has 73 heavy (non-hydrogen) atoms. The molecule has 2 N–H and O–H groups in total. The van der Waals surface area contributed by atoms with Gasteiger partial charge in [0.1, 0.15) is 29.7 Å². The van der Waals surface area contributed by atoms with Crippen LogP contribution in [0.4, 0.5) is 0 Å². The normalized spacial score (nSPS) is 17.3. The predicted octanol–water partition coefficient (Wildman–Crippen LogP) is 8.94. The number of carbonyl (C=O) groups is 6. The van der Waals surface area contributed by atoms with Crippen LogP contribution in [0.1, 0.15) is 144 Å². The van der Waals surface area contributed by atoms with Gasteiger partial charge in [-0.2, -0.15) is 0 Å². The van der Waals surface area contributed by atoms with Crippen LogP contribution in [0, 0.1) is 20.8 Å². The molecule has 15 nitrogen and oxygen atoms in total. The van der Waals surface area contributed by atoms with Crippen LogP contribution in [0.15, 0.2) is 85.1 Å². The Bertz CT molecular complexity index is 2700. The highest BCUT2D eigenvalue weighted by Gasteiger charge is 2.45. The van der Waals surface area contributed by atoms with Crippen LogP contribution in [0.25, 0.3) is 0 Å². The van der Waals surface area contributed by atoms with Gasteiger partial charge in [-0.1, -0.05) is 74.9 Å². The maximum atomic E-state index is 14.5. The van der Waals surface area contributed by atoms with E-state index in [1.807, 2.05) is 44.2 Å². The molecular weight excluding hydrogens is 929 g/mol. The smallest absolute Gasteiger partial charge is 0.329 e. The molecule has 0 bridgehead atoms. The van der Waals surface area contributed by atoms with Crippen molar-refractivity contribution in [3.63, 3.8) is 0 Å². The molecule has 3 aliphatic heterocycles. The zero-order valence-electron chi connectivity index (χ0n) is 43.1. The summed E-state index contributed by atoms with van der Waals surface area (Å²) in [4.78, 5) is 84.2. The molecule has 0 saturated carbocycles. The van der Waals surface area contributed by atoms with Crippen LogP contribution < -0.4 is 29.6 Å². The number of allylic oxidation sites excluding steroid dienone is 1. The van der Waals surface area contributed by atoms with Crippen LogP contribution in [0.3, 0.4) is 0 Å². The molecule has 3 aliphatic rings. The summed E-state index contributed by atoms with van der Waals surface area (Å²) >= 11 is 0. The first-order valence-electron chi connectivity index (χ1n) is 25.6. The highest BCUT2D eigenvalue weighted by Crippen LogP contribution is 2.39. The number of nitrogens with zero attached hydrogens (tertiary/aromatic N) is 2. The van der Waals surface area contributed by atoms with Crippen LogP contribution in [-0.2, 0) is 30.3 Å². The van der Waals surface area contributed by atoms with Crippen molar-refractivity contribution >= 4 is 35.5 Å². The number of hydrogen-bond donors (Lipinski definition) is 2. The number of methoxy groups -OCH3 is 2. The number of benzene rings is 4. The van der Waals surface area contributed by atoms with E-state index in [4.69, 9.17) is 23.7 Å². The van der Waals surface area contributed by atoms with Gasteiger partial charge in [0.05, 0.1) is 37.9 Å². The second-order valence-corrected chi connectivity index (χ2v) is 19.2. The minimum Gasteiger partial charge on any atom is -0.493 e. The molecule has 4 aromatic rings. The summed E-state index contributed by atoms with van der Waals surface area (Å²) in [5.74, 6) is -0.992. The fourth-order valence-electron chi connectivity index (χ4n) is 10.1. The van der Waals surface area contributed by atoms with Crippen LogP contribution in [0.2, 0.25) is 0 Å². The van der Waals surface area contributed by atoms with E-state index in [0.29, 0.717) is 105 Å². The van der Waals surface area contributed by atoms with Gasteiger partial charge in [0.2, 0.25) is 11.8 Å². The Balaban J connectivity index is 0.930. The number of esters is 1. The first-order valence-corrected chi connectivity index (χ1v) is 25.6. The number of unbranched alkanes of at least 4 members (excludes halogenated alkanes) is 3.